The van der Waals surface area contributed by atoms with E-state index in [9.17, 15) is 9.59 Å². The van der Waals surface area contributed by atoms with Crippen LogP contribution in [0.3, 0.4) is 0 Å². The van der Waals surface area contributed by atoms with Crippen LogP contribution in [0.4, 0.5) is 0 Å². The lowest BCUT2D eigenvalue weighted by molar-refractivity contribution is -0.136. The lowest BCUT2D eigenvalue weighted by Gasteiger charge is -2.37. The standard InChI is InChI=1S/C15H27N3O2/c1-2-13-7-3-4-8-17(13)11-14(19)18-9-5-6-12(10-18)15(16)20/h12-13H,2-11H2,1H3,(H2,16,20). The molecule has 2 unspecified atom stereocenters. The molecule has 0 radical (unpaired) electrons. The molecular formula is C15H27N3O2. The average molecular weight is 281 g/mol. The van der Waals surface area contributed by atoms with Crippen molar-refractivity contribution in [3.05, 3.63) is 0 Å². The van der Waals surface area contributed by atoms with Crippen molar-refractivity contribution >= 4 is 11.8 Å². The second kappa shape index (κ2) is 7.07. The van der Waals surface area contributed by atoms with Gasteiger partial charge in [-0.25, -0.2) is 0 Å². The first kappa shape index (κ1) is 15.3. The highest BCUT2D eigenvalue weighted by atomic mass is 16.2. The van der Waals surface area contributed by atoms with Gasteiger partial charge in [-0.15, -0.1) is 0 Å². The van der Waals surface area contributed by atoms with E-state index in [4.69, 9.17) is 5.73 Å². The molecule has 0 aliphatic carbocycles. The topological polar surface area (TPSA) is 66.6 Å². The quantitative estimate of drug-likeness (QED) is 0.835. The minimum atomic E-state index is -0.271. The minimum absolute atomic E-state index is 0.156. The Labute approximate surface area is 121 Å². The average Bonchev–Trinajstić information content (AvgIpc) is 2.48. The second-order valence-electron chi connectivity index (χ2n) is 6.11. The molecule has 2 N–H and O–H groups in total. The molecule has 2 aliphatic heterocycles. The maximum atomic E-state index is 12.4. The molecule has 0 bridgehead atoms. The Bertz CT molecular complexity index is 359. The van der Waals surface area contributed by atoms with Crippen LogP contribution in [-0.4, -0.2) is 53.8 Å². The lowest BCUT2D eigenvalue weighted by Crippen LogP contribution is -2.50. The van der Waals surface area contributed by atoms with Crippen molar-refractivity contribution in [2.75, 3.05) is 26.2 Å². The van der Waals surface area contributed by atoms with Crippen molar-refractivity contribution in [2.24, 2.45) is 11.7 Å². The van der Waals surface area contributed by atoms with E-state index in [2.05, 4.69) is 11.8 Å². The summed E-state index contributed by atoms with van der Waals surface area (Å²) in [5.74, 6) is -0.265. The molecule has 5 heteroatoms. The van der Waals surface area contributed by atoms with Gasteiger partial charge in [-0.2, -0.15) is 0 Å². The Kier molecular flexibility index (Phi) is 5.40. The Morgan fingerprint density at radius 3 is 2.65 bits per heavy atom. The zero-order valence-corrected chi connectivity index (χ0v) is 12.5. The zero-order chi connectivity index (χ0) is 14.5. The van der Waals surface area contributed by atoms with E-state index in [1.807, 2.05) is 4.90 Å². The number of piperidine rings is 2. The van der Waals surface area contributed by atoms with Gasteiger partial charge in [0.2, 0.25) is 11.8 Å². The lowest BCUT2D eigenvalue weighted by atomic mass is 9.97. The number of nitrogens with zero attached hydrogens (tertiary/aromatic N) is 2. The van der Waals surface area contributed by atoms with Gasteiger partial charge in [0.1, 0.15) is 0 Å². The summed E-state index contributed by atoms with van der Waals surface area (Å²) in [5.41, 5.74) is 5.37. The third-order valence-corrected chi connectivity index (χ3v) is 4.74. The van der Waals surface area contributed by atoms with Crippen LogP contribution in [0, 0.1) is 5.92 Å². The summed E-state index contributed by atoms with van der Waals surface area (Å²) in [5, 5.41) is 0. The molecule has 2 aliphatic rings. The number of carbonyl (C=O) groups is 2. The summed E-state index contributed by atoms with van der Waals surface area (Å²) >= 11 is 0. The van der Waals surface area contributed by atoms with Crippen molar-refractivity contribution in [1.29, 1.82) is 0 Å². The summed E-state index contributed by atoms with van der Waals surface area (Å²) in [7, 11) is 0. The van der Waals surface area contributed by atoms with Crippen molar-refractivity contribution in [1.82, 2.24) is 9.80 Å². The van der Waals surface area contributed by atoms with Gasteiger partial charge in [0.25, 0.3) is 0 Å². The molecule has 2 heterocycles. The fourth-order valence-corrected chi connectivity index (χ4v) is 3.44. The molecule has 2 fully saturated rings. The van der Waals surface area contributed by atoms with Crippen LogP contribution < -0.4 is 5.73 Å². The molecule has 20 heavy (non-hydrogen) atoms. The second-order valence-corrected chi connectivity index (χ2v) is 6.11. The van der Waals surface area contributed by atoms with Gasteiger partial charge in [-0.3, -0.25) is 14.5 Å². The van der Waals surface area contributed by atoms with E-state index in [-0.39, 0.29) is 17.7 Å². The van der Waals surface area contributed by atoms with E-state index >= 15 is 0 Å². The number of rotatable bonds is 4. The molecule has 0 spiro atoms. The molecule has 2 saturated heterocycles. The number of primary amides is 1. The van der Waals surface area contributed by atoms with Crippen LogP contribution in [0.25, 0.3) is 0 Å². The highest BCUT2D eigenvalue weighted by Gasteiger charge is 2.29. The van der Waals surface area contributed by atoms with Crippen molar-refractivity contribution < 1.29 is 9.59 Å². The van der Waals surface area contributed by atoms with Crippen molar-refractivity contribution in [3.8, 4) is 0 Å². The zero-order valence-electron chi connectivity index (χ0n) is 12.5. The maximum absolute atomic E-state index is 12.4. The fourth-order valence-electron chi connectivity index (χ4n) is 3.44. The number of hydrogen-bond donors (Lipinski definition) is 1. The van der Waals surface area contributed by atoms with Gasteiger partial charge in [-0.1, -0.05) is 13.3 Å². The van der Waals surface area contributed by atoms with Crippen molar-refractivity contribution in [2.45, 2.75) is 51.5 Å². The van der Waals surface area contributed by atoms with Crippen LogP contribution in [0.2, 0.25) is 0 Å². The normalized spacial score (nSPS) is 28.4. The highest BCUT2D eigenvalue weighted by molar-refractivity contribution is 5.81. The predicted molar refractivity (Wildman–Crippen MR) is 78.0 cm³/mol. The van der Waals surface area contributed by atoms with Crippen LogP contribution in [0.5, 0.6) is 0 Å². The van der Waals surface area contributed by atoms with Gasteiger partial charge in [-0.05, 0) is 38.6 Å². The maximum Gasteiger partial charge on any atom is 0.236 e. The number of amides is 2. The molecule has 2 atom stereocenters. The first-order valence-electron chi connectivity index (χ1n) is 7.93. The minimum Gasteiger partial charge on any atom is -0.369 e. The molecule has 0 aromatic heterocycles. The monoisotopic (exact) mass is 281 g/mol. The van der Waals surface area contributed by atoms with Gasteiger partial charge in [0, 0.05) is 19.1 Å². The summed E-state index contributed by atoms with van der Waals surface area (Å²) < 4.78 is 0. The first-order valence-corrected chi connectivity index (χ1v) is 7.93. The summed E-state index contributed by atoms with van der Waals surface area (Å²) in [6.07, 6.45) is 6.48. The molecular weight excluding hydrogens is 254 g/mol. The van der Waals surface area contributed by atoms with Crippen LogP contribution in [0.1, 0.15) is 45.4 Å². The number of carbonyl (C=O) groups excluding carboxylic acids is 2. The van der Waals surface area contributed by atoms with Gasteiger partial charge < -0.3 is 10.6 Å². The highest BCUT2D eigenvalue weighted by Crippen LogP contribution is 2.21. The van der Waals surface area contributed by atoms with Gasteiger partial charge >= 0.3 is 0 Å². The summed E-state index contributed by atoms with van der Waals surface area (Å²) in [4.78, 5) is 27.9. The summed E-state index contributed by atoms with van der Waals surface area (Å²) in [6.45, 7) is 5.00. The van der Waals surface area contributed by atoms with Crippen LogP contribution in [-0.2, 0) is 9.59 Å². The van der Waals surface area contributed by atoms with E-state index < -0.39 is 0 Å². The molecule has 114 valence electrons. The van der Waals surface area contributed by atoms with Crippen LogP contribution in [0.15, 0.2) is 0 Å². The molecule has 0 aromatic carbocycles. The predicted octanol–water partition coefficient (Wildman–Crippen LogP) is 0.975. The van der Waals surface area contributed by atoms with Crippen molar-refractivity contribution in [3.63, 3.8) is 0 Å². The molecule has 5 nitrogen and oxygen atoms in total. The van der Waals surface area contributed by atoms with E-state index in [0.717, 1.165) is 32.4 Å². The van der Waals surface area contributed by atoms with Gasteiger partial charge in [0.05, 0.1) is 12.5 Å². The molecule has 2 amide bonds. The Balaban J connectivity index is 1.88. The number of hydrogen-bond acceptors (Lipinski definition) is 3. The molecule has 0 saturated carbocycles. The number of likely N-dealkylation sites (tertiary alicyclic amines) is 2. The third kappa shape index (κ3) is 3.72. The van der Waals surface area contributed by atoms with E-state index in [1.54, 1.807) is 0 Å². The summed E-state index contributed by atoms with van der Waals surface area (Å²) in [6, 6.07) is 0.546. The largest absolute Gasteiger partial charge is 0.369 e. The molecule has 0 aromatic rings. The Morgan fingerprint density at radius 1 is 1.15 bits per heavy atom. The van der Waals surface area contributed by atoms with E-state index in [1.165, 1.54) is 19.3 Å². The smallest absolute Gasteiger partial charge is 0.236 e. The third-order valence-electron chi connectivity index (χ3n) is 4.74. The Hall–Kier alpha value is -1.10. The SMILES string of the molecule is CCC1CCCCN1CC(=O)N1CCCC(C(N)=O)C1. The first-order chi connectivity index (χ1) is 9.61. The fraction of sp³-hybridized carbons (Fsp3) is 0.867. The number of nitrogens with two attached hydrogens (primary N) is 1. The Morgan fingerprint density at radius 2 is 1.95 bits per heavy atom. The molecule has 2 rings (SSSR count). The van der Waals surface area contributed by atoms with Gasteiger partial charge in [0.15, 0.2) is 0 Å². The van der Waals surface area contributed by atoms with E-state index in [0.29, 0.717) is 19.1 Å². The van der Waals surface area contributed by atoms with Crippen LogP contribution >= 0.6 is 0 Å².